The van der Waals surface area contributed by atoms with Crippen molar-refractivity contribution in [1.29, 1.82) is 0 Å². The van der Waals surface area contributed by atoms with Gasteiger partial charge in [-0.05, 0) is 56.9 Å². The van der Waals surface area contributed by atoms with Gasteiger partial charge < -0.3 is 9.64 Å². The molecular formula is C26H37NO3. The van der Waals surface area contributed by atoms with Gasteiger partial charge in [-0.15, -0.1) is 0 Å². The molecule has 2 aliphatic heterocycles. The van der Waals surface area contributed by atoms with E-state index < -0.39 is 0 Å². The van der Waals surface area contributed by atoms with E-state index >= 15 is 0 Å². The molecule has 1 aromatic rings. The smallest absolute Gasteiger partial charge is 0.258 e. The van der Waals surface area contributed by atoms with Gasteiger partial charge in [-0.25, -0.2) is 0 Å². The van der Waals surface area contributed by atoms with Crippen molar-refractivity contribution < 1.29 is 14.3 Å². The lowest BCUT2D eigenvalue weighted by molar-refractivity contribution is -0.166. The Kier molecular flexibility index (Phi) is 6.86. The van der Waals surface area contributed by atoms with Crippen LogP contribution in [0.15, 0.2) is 30.8 Å². The van der Waals surface area contributed by atoms with Crippen LogP contribution in [0, 0.1) is 17.8 Å². The molecule has 1 unspecified atom stereocenters. The zero-order valence-corrected chi connectivity index (χ0v) is 19.2. The van der Waals surface area contributed by atoms with Gasteiger partial charge in [0.15, 0.2) is 0 Å². The molecule has 0 bridgehead atoms. The molecule has 164 valence electrons. The Balaban J connectivity index is 1.62. The van der Waals surface area contributed by atoms with Gasteiger partial charge in [0.1, 0.15) is 5.78 Å². The van der Waals surface area contributed by atoms with Crippen LogP contribution in [0.25, 0.3) is 5.70 Å². The highest BCUT2D eigenvalue weighted by molar-refractivity contribution is 6.08. The maximum Gasteiger partial charge on any atom is 0.258 e. The normalized spacial score (nSPS) is 25.7. The lowest BCUT2D eigenvalue weighted by Crippen LogP contribution is -2.48. The Morgan fingerprint density at radius 1 is 1.27 bits per heavy atom. The lowest BCUT2D eigenvalue weighted by Gasteiger charge is -2.46. The topological polar surface area (TPSA) is 46.6 Å². The van der Waals surface area contributed by atoms with E-state index in [2.05, 4.69) is 41.2 Å². The third-order valence-corrected chi connectivity index (χ3v) is 7.06. The summed E-state index contributed by atoms with van der Waals surface area (Å²) < 4.78 is 6.34. The Bertz CT molecular complexity index is 775. The summed E-state index contributed by atoms with van der Waals surface area (Å²) in [6, 6.07) is 7.69. The number of carbonyl (C=O) groups excluding carboxylic acids is 2. The molecule has 0 radical (unpaired) electrons. The predicted octanol–water partition coefficient (Wildman–Crippen LogP) is 5.72. The molecule has 0 saturated carbocycles. The number of hydrogen-bond acceptors (Lipinski definition) is 3. The van der Waals surface area contributed by atoms with Crippen LogP contribution < -0.4 is 0 Å². The first-order chi connectivity index (χ1) is 14.1. The molecule has 30 heavy (non-hydrogen) atoms. The van der Waals surface area contributed by atoms with Crippen molar-refractivity contribution in [2.24, 2.45) is 17.8 Å². The van der Waals surface area contributed by atoms with Gasteiger partial charge in [0.05, 0.1) is 11.7 Å². The largest absolute Gasteiger partial charge is 0.372 e. The number of Topliss-reactive ketones (excluding diaryl/α,β-unsaturated/α-hetero) is 1. The van der Waals surface area contributed by atoms with Crippen LogP contribution in [0.4, 0.5) is 0 Å². The van der Waals surface area contributed by atoms with E-state index in [1.165, 1.54) is 0 Å². The minimum absolute atomic E-state index is 0.0319. The van der Waals surface area contributed by atoms with Crippen LogP contribution in [0.1, 0.15) is 82.6 Å². The monoisotopic (exact) mass is 411 g/mol. The molecule has 3 atom stereocenters. The first-order valence-electron chi connectivity index (χ1n) is 11.4. The summed E-state index contributed by atoms with van der Waals surface area (Å²) in [5.41, 5.74) is 2.21. The zero-order valence-electron chi connectivity index (χ0n) is 19.2. The summed E-state index contributed by atoms with van der Waals surface area (Å²) in [4.78, 5) is 27.1. The molecule has 1 amide bonds. The number of benzene rings is 1. The summed E-state index contributed by atoms with van der Waals surface area (Å²) in [5, 5.41) is 0. The third kappa shape index (κ3) is 4.85. The average molecular weight is 412 g/mol. The lowest BCUT2D eigenvalue weighted by atomic mass is 9.73. The number of fused-ring (bicyclic) bond motifs is 1. The van der Waals surface area contributed by atoms with Gasteiger partial charge in [-0.1, -0.05) is 45.5 Å². The maximum atomic E-state index is 12.8. The summed E-state index contributed by atoms with van der Waals surface area (Å²) in [5.74, 6) is 1.65. The quantitative estimate of drug-likeness (QED) is 0.550. The highest BCUT2D eigenvalue weighted by Gasteiger charge is 2.42. The van der Waals surface area contributed by atoms with E-state index in [0.29, 0.717) is 42.9 Å². The van der Waals surface area contributed by atoms with Gasteiger partial charge in [0.25, 0.3) is 5.91 Å². The van der Waals surface area contributed by atoms with Gasteiger partial charge >= 0.3 is 0 Å². The molecule has 4 nitrogen and oxygen atoms in total. The Hall–Kier alpha value is -1.94. The maximum absolute atomic E-state index is 12.8. The van der Waals surface area contributed by atoms with Crippen molar-refractivity contribution in [3.05, 3.63) is 42.0 Å². The molecule has 1 saturated heterocycles. The number of amides is 1. The second-order valence-electron chi connectivity index (χ2n) is 10.0. The molecule has 0 spiro atoms. The number of nitrogens with zero attached hydrogens (tertiary/aromatic N) is 1. The van der Waals surface area contributed by atoms with Crippen LogP contribution in [0.3, 0.4) is 0 Å². The highest BCUT2D eigenvalue weighted by atomic mass is 16.5. The molecular weight excluding hydrogens is 374 g/mol. The fourth-order valence-electron chi connectivity index (χ4n) is 4.86. The van der Waals surface area contributed by atoms with Crippen LogP contribution >= 0.6 is 0 Å². The number of ether oxygens (including phenoxy) is 1. The average Bonchev–Trinajstić information content (AvgIpc) is 2.92. The molecule has 4 heteroatoms. The van der Waals surface area contributed by atoms with Gasteiger partial charge in [0, 0.05) is 36.2 Å². The SMILES string of the molecule is C=C1c2ccccc2C(=O)N1CC[C@@H]1C[C@H](CC(=O)CCC(C)C)OC(C)(C)C1C. The van der Waals surface area contributed by atoms with Crippen molar-refractivity contribution >= 4 is 17.4 Å². The molecule has 2 heterocycles. The van der Waals surface area contributed by atoms with E-state index in [1.54, 1.807) is 0 Å². The van der Waals surface area contributed by atoms with Crippen molar-refractivity contribution in [2.45, 2.75) is 78.4 Å². The molecule has 0 aliphatic carbocycles. The number of carbonyl (C=O) groups is 2. The van der Waals surface area contributed by atoms with Gasteiger partial charge in [-0.2, -0.15) is 0 Å². The molecule has 0 aromatic heterocycles. The summed E-state index contributed by atoms with van der Waals surface area (Å²) in [7, 11) is 0. The fraction of sp³-hybridized carbons (Fsp3) is 0.615. The summed E-state index contributed by atoms with van der Waals surface area (Å²) in [6.45, 7) is 15.6. The second-order valence-corrected chi connectivity index (χ2v) is 10.0. The Labute approximate surface area is 181 Å². The third-order valence-electron chi connectivity index (χ3n) is 7.06. The van der Waals surface area contributed by atoms with Crippen molar-refractivity contribution in [3.63, 3.8) is 0 Å². The van der Waals surface area contributed by atoms with E-state index in [1.807, 2.05) is 29.2 Å². The highest BCUT2D eigenvalue weighted by Crippen LogP contribution is 2.41. The Morgan fingerprint density at radius 2 is 1.93 bits per heavy atom. The number of hydrogen-bond donors (Lipinski definition) is 0. The summed E-state index contributed by atoms with van der Waals surface area (Å²) >= 11 is 0. The van der Waals surface area contributed by atoms with Crippen LogP contribution in [0.5, 0.6) is 0 Å². The number of ketones is 1. The zero-order chi connectivity index (χ0) is 22.1. The van der Waals surface area contributed by atoms with E-state index in [4.69, 9.17) is 4.74 Å². The van der Waals surface area contributed by atoms with Gasteiger partial charge in [0.2, 0.25) is 0 Å². The first-order valence-corrected chi connectivity index (χ1v) is 11.4. The summed E-state index contributed by atoms with van der Waals surface area (Å²) in [6.07, 6.45) is 3.81. The molecule has 3 rings (SSSR count). The first kappa shape index (κ1) is 22.7. The number of rotatable bonds is 8. The van der Waals surface area contributed by atoms with Crippen LogP contribution in [-0.4, -0.2) is 34.8 Å². The minimum Gasteiger partial charge on any atom is -0.372 e. The molecule has 0 N–H and O–H groups in total. The minimum atomic E-state index is -0.277. The standard InChI is InChI=1S/C26H37NO3/c1-17(2)11-12-21(28)16-22-15-20(18(3)26(5,6)30-22)13-14-27-19(4)23-9-7-8-10-24(23)25(27)29/h7-10,17-18,20,22H,4,11-16H2,1-3,5-6H3/t18?,20-,22-/m1/s1. The Morgan fingerprint density at radius 3 is 2.57 bits per heavy atom. The second kappa shape index (κ2) is 9.05. The van der Waals surface area contributed by atoms with E-state index in [9.17, 15) is 9.59 Å². The molecule has 1 aromatic carbocycles. The fourth-order valence-corrected chi connectivity index (χ4v) is 4.86. The van der Waals surface area contributed by atoms with Crippen molar-refractivity contribution in [2.75, 3.05) is 6.54 Å². The van der Waals surface area contributed by atoms with Crippen molar-refractivity contribution in [1.82, 2.24) is 4.90 Å². The van der Waals surface area contributed by atoms with Crippen LogP contribution in [0.2, 0.25) is 0 Å². The predicted molar refractivity (Wildman–Crippen MR) is 121 cm³/mol. The molecule has 1 fully saturated rings. The van der Waals surface area contributed by atoms with Gasteiger partial charge in [-0.3, -0.25) is 9.59 Å². The van der Waals surface area contributed by atoms with Crippen molar-refractivity contribution in [3.8, 4) is 0 Å². The van der Waals surface area contributed by atoms with E-state index in [0.717, 1.165) is 36.1 Å². The van der Waals surface area contributed by atoms with E-state index in [-0.39, 0.29) is 17.6 Å². The molecule has 2 aliphatic rings. The van der Waals surface area contributed by atoms with Crippen LogP contribution in [-0.2, 0) is 9.53 Å².